The summed E-state index contributed by atoms with van der Waals surface area (Å²) in [7, 11) is 0. The Labute approximate surface area is 506 Å². The highest BCUT2D eigenvalue weighted by Crippen LogP contribution is 2.43. The molecule has 4 nitrogen and oxygen atoms in total. The van der Waals surface area contributed by atoms with Gasteiger partial charge >= 0.3 is 0 Å². The van der Waals surface area contributed by atoms with Crippen LogP contribution in [0.2, 0.25) is 0 Å². The molecule has 414 valence electrons. The number of nitrogens with zero attached hydrogens (tertiary/aromatic N) is 4. The first-order valence-electron chi connectivity index (χ1n) is 29.8. The number of hydrogen-bond donors (Lipinski definition) is 0. The Bertz CT molecular complexity index is 3280. The minimum absolute atomic E-state index is 1.06. The Kier molecular flexibility index (Phi) is 19.9. The molecule has 10 rings (SSSR count). The maximum absolute atomic E-state index is 3.67. The topological polar surface area (TPSA) is 13.0 Å². The molecule has 0 N–H and O–H groups in total. The quantitative estimate of drug-likeness (QED) is 0.0565. The molecule has 0 aliphatic heterocycles. The average molecular weight is 1210 g/mol. The normalized spacial score (nSPS) is 11.1. The van der Waals surface area contributed by atoms with Crippen LogP contribution < -0.4 is 19.6 Å². The molecular formula is C76H76Br2N4. The molecule has 0 bridgehead atoms. The molecule has 0 saturated heterocycles. The van der Waals surface area contributed by atoms with E-state index in [1.807, 2.05) is 0 Å². The molecule has 0 atom stereocenters. The molecule has 82 heavy (non-hydrogen) atoms. The number of anilines is 12. The summed E-state index contributed by atoms with van der Waals surface area (Å²) in [6.45, 7) is 9.03. The van der Waals surface area contributed by atoms with Crippen molar-refractivity contribution in [2.75, 3.05) is 19.6 Å². The smallest absolute Gasteiger partial charge is 0.0463 e. The second-order valence-corrected chi connectivity index (χ2v) is 23.3. The molecule has 0 unspecified atom stereocenters. The Morgan fingerprint density at radius 2 is 0.354 bits per heavy atom. The highest BCUT2D eigenvalue weighted by atomic mass is 79.9. The van der Waals surface area contributed by atoms with Crippen LogP contribution in [0.4, 0.5) is 68.2 Å². The van der Waals surface area contributed by atoms with E-state index in [0.717, 1.165) is 114 Å². The van der Waals surface area contributed by atoms with Gasteiger partial charge in [0.05, 0.1) is 0 Å². The van der Waals surface area contributed by atoms with Gasteiger partial charge in [-0.15, -0.1) is 0 Å². The van der Waals surface area contributed by atoms with Gasteiger partial charge in [-0.05, 0) is 255 Å². The van der Waals surface area contributed by atoms with Crippen molar-refractivity contribution in [3.63, 3.8) is 0 Å². The first kappa shape index (κ1) is 57.6. The van der Waals surface area contributed by atoms with E-state index in [4.69, 9.17) is 0 Å². The van der Waals surface area contributed by atoms with Gasteiger partial charge in [-0.3, -0.25) is 0 Å². The molecule has 0 radical (unpaired) electrons. The van der Waals surface area contributed by atoms with Gasteiger partial charge in [-0.25, -0.2) is 0 Å². The van der Waals surface area contributed by atoms with Gasteiger partial charge in [0.25, 0.3) is 0 Å². The summed E-state index contributed by atoms with van der Waals surface area (Å²) in [5.74, 6) is 0. The third kappa shape index (κ3) is 14.3. The summed E-state index contributed by atoms with van der Waals surface area (Å²) in [5.41, 5.74) is 21.1. The SMILES string of the molecule is CCCCc1ccc(N(c2ccc(Br)cc2)c2ccc(N(c3ccc(CCCC)cc3)c3ccc(-c4ccc(N(c5ccc(CCCC)cc5)c5ccc(N(c6ccc(Br)cc6)c6ccc(CCCC)cc6)cc5)cc4)cc3)cc2)cc1. The largest absolute Gasteiger partial charge is 0.311 e. The lowest BCUT2D eigenvalue weighted by molar-refractivity contribution is 0.795. The third-order valence-corrected chi connectivity index (χ3v) is 16.6. The van der Waals surface area contributed by atoms with Crippen molar-refractivity contribution in [3.05, 3.63) is 274 Å². The van der Waals surface area contributed by atoms with Crippen molar-refractivity contribution in [1.82, 2.24) is 0 Å². The van der Waals surface area contributed by atoms with Crippen molar-refractivity contribution in [1.29, 1.82) is 0 Å². The highest BCUT2D eigenvalue weighted by molar-refractivity contribution is 9.10. The fourth-order valence-electron chi connectivity index (χ4n) is 10.8. The summed E-state index contributed by atoms with van der Waals surface area (Å²) in [4.78, 5) is 9.46. The number of aryl methyl sites for hydroxylation is 4. The zero-order chi connectivity index (χ0) is 56.6. The second-order valence-electron chi connectivity index (χ2n) is 21.5. The lowest BCUT2D eigenvalue weighted by atomic mass is 10.0. The van der Waals surface area contributed by atoms with Gasteiger partial charge < -0.3 is 19.6 Å². The van der Waals surface area contributed by atoms with E-state index in [2.05, 4.69) is 322 Å². The first-order chi connectivity index (χ1) is 40.3. The van der Waals surface area contributed by atoms with Crippen LogP contribution in [0.1, 0.15) is 101 Å². The lowest BCUT2D eigenvalue weighted by Crippen LogP contribution is -2.12. The summed E-state index contributed by atoms with van der Waals surface area (Å²) in [6, 6.07) is 89.9. The summed E-state index contributed by atoms with van der Waals surface area (Å²) in [6.07, 6.45) is 13.9. The molecule has 10 aromatic carbocycles. The van der Waals surface area contributed by atoms with Crippen molar-refractivity contribution in [2.24, 2.45) is 0 Å². The molecule has 6 heteroatoms. The number of rotatable bonds is 25. The van der Waals surface area contributed by atoms with Crippen molar-refractivity contribution in [3.8, 4) is 11.1 Å². The maximum atomic E-state index is 3.67. The Hall–Kier alpha value is -7.64. The summed E-state index contributed by atoms with van der Waals surface area (Å²) < 4.78 is 2.12. The number of hydrogen-bond acceptors (Lipinski definition) is 4. The Morgan fingerprint density at radius 3 is 0.524 bits per heavy atom. The van der Waals surface area contributed by atoms with E-state index in [1.165, 1.54) is 73.6 Å². The van der Waals surface area contributed by atoms with Gasteiger partial charge in [0, 0.05) is 77.2 Å². The minimum Gasteiger partial charge on any atom is -0.311 e. The fraction of sp³-hybridized carbons (Fsp3) is 0.211. The molecule has 0 aromatic heterocycles. The predicted octanol–water partition coefficient (Wildman–Crippen LogP) is 24.1. The van der Waals surface area contributed by atoms with Gasteiger partial charge in [0.1, 0.15) is 0 Å². The van der Waals surface area contributed by atoms with Crippen LogP contribution >= 0.6 is 31.9 Å². The lowest BCUT2D eigenvalue weighted by Gasteiger charge is -2.29. The van der Waals surface area contributed by atoms with E-state index >= 15 is 0 Å². The molecule has 0 spiro atoms. The van der Waals surface area contributed by atoms with Gasteiger partial charge in [0.15, 0.2) is 0 Å². The number of unbranched alkanes of at least 4 members (excludes halogenated alkanes) is 4. The number of halogens is 2. The van der Waals surface area contributed by atoms with Gasteiger partial charge in [-0.2, -0.15) is 0 Å². The second kappa shape index (κ2) is 28.4. The number of benzene rings is 10. The summed E-state index contributed by atoms with van der Waals surface area (Å²) in [5, 5.41) is 0. The fourth-order valence-corrected chi connectivity index (χ4v) is 11.4. The average Bonchev–Trinajstić information content (AvgIpc) is 3.64. The molecule has 0 aliphatic carbocycles. The molecular weight excluding hydrogens is 1130 g/mol. The molecule has 0 heterocycles. The predicted molar refractivity (Wildman–Crippen MR) is 360 cm³/mol. The minimum atomic E-state index is 1.06. The van der Waals surface area contributed by atoms with Crippen LogP contribution in [-0.2, 0) is 25.7 Å². The van der Waals surface area contributed by atoms with Crippen LogP contribution in [0.25, 0.3) is 11.1 Å². The standard InChI is InChI=1S/C76H76Br2N4/c1-5-9-13-57-17-33-65(34-18-57)79(73-49-53-75(54-50-73)81(71-45-29-63(77)30-46-71)67-37-21-59(22-38-67)15-11-7-3)69-41-25-61(26-42-69)62-27-43-70(44-28-62)80(66-35-19-58(20-36-66)14-10-6-2)74-51-55-76(56-52-74)82(72-47-31-64(78)32-48-72)68-39-23-60(24-40-68)16-12-8-4/h17-56H,5-16H2,1-4H3. The first-order valence-corrected chi connectivity index (χ1v) is 31.4. The zero-order valence-electron chi connectivity index (χ0n) is 48.1. The van der Waals surface area contributed by atoms with E-state index in [-0.39, 0.29) is 0 Å². The molecule has 10 aromatic rings. The van der Waals surface area contributed by atoms with E-state index in [9.17, 15) is 0 Å². The molecule has 0 aliphatic rings. The maximum Gasteiger partial charge on any atom is 0.0463 e. The van der Waals surface area contributed by atoms with Crippen LogP contribution in [-0.4, -0.2) is 0 Å². The van der Waals surface area contributed by atoms with Crippen LogP contribution in [0, 0.1) is 0 Å². The van der Waals surface area contributed by atoms with Crippen LogP contribution in [0.3, 0.4) is 0 Å². The molecule has 0 amide bonds. The highest BCUT2D eigenvalue weighted by Gasteiger charge is 2.20. The molecule has 0 saturated carbocycles. The van der Waals surface area contributed by atoms with Crippen molar-refractivity contribution in [2.45, 2.75) is 105 Å². The van der Waals surface area contributed by atoms with Crippen molar-refractivity contribution >= 4 is 100 Å². The summed E-state index contributed by atoms with van der Waals surface area (Å²) >= 11 is 7.34. The Balaban J connectivity index is 0.953. The van der Waals surface area contributed by atoms with E-state index in [0.29, 0.717) is 0 Å². The monoisotopic (exact) mass is 1200 g/mol. The van der Waals surface area contributed by atoms with Crippen LogP contribution in [0.15, 0.2) is 252 Å². The van der Waals surface area contributed by atoms with E-state index < -0.39 is 0 Å². The van der Waals surface area contributed by atoms with Gasteiger partial charge in [0.2, 0.25) is 0 Å². The van der Waals surface area contributed by atoms with Crippen molar-refractivity contribution < 1.29 is 0 Å². The zero-order valence-corrected chi connectivity index (χ0v) is 51.3. The van der Waals surface area contributed by atoms with Crippen LogP contribution in [0.5, 0.6) is 0 Å². The molecule has 0 fully saturated rings. The Morgan fingerprint density at radius 1 is 0.207 bits per heavy atom. The van der Waals surface area contributed by atoms with Gasteiger partial charge in [-0.1, -0.05) is 158 Å². The van der Waals surface area contributed by atoms with E-state index in [1.54, 1.807) is 0 Å². The third-order valence-electron chi connectivity index (χ3n) is 15.5.